The first-order valence-electron chi connectivity index (χ1n) is 9.90. The zero-order valence-corrected chi connectivity index (χ0v) is 17.9. The van der Waals surface area contributed by atoms with Gasteiger partial charge in [0.25, 0.3) is 5.56 Å². The Kier molecular flexibility index (Phi) is 4.45. The Morgan fingerprint density at radius 1 is 1.31 bits per heavy atom. The van der Waals surface area contributed by atoms with Gasteiger partial charge in [0.1, 0.15) is 22.7 Å². The van der Waals surface area contributed by atoms with E-state index in [-0.39, 0.29) is 22.0 Å². The summed E-state index contributed by atoms with van der Waals surface area (Å²) in [5.41, 5.74) is -2.35. The molecule has 4 aromatic rings. The summed E-state index contributed by atoms with van der Waals surface area (Å²) in [5, 5.41) is 8.31. The van der Waals surface area contributed by atoms with E-state index in [1.807, 2.05) is 17.7 Å². The second-order valence-electron chi connectivity index (χ2n) is 8.35. The van der Waals surface area contributed by atoms with Crippen molar-refractivity contribution < 1.29 is 18.0 Å². The Morgan fingerprint density at radius 2 is 2.06 bits per heavy atom. The summed E-state index contributed by atoms with van der Waals surface area (Å²) >= 11 is 1.26. The number of halogens is 3. The molecule has 0 saturated heterocycles. The van der Waals surface area contributed by atoms with E-state index < -0.39 is 17.3 Å². The van der Waals surface area contributed by atoms with Crippen LogP contribution in [-0.2, 0) is 18.6 Å². The number of aromatic nitrogens is 5. The molecule has 0 bridgehead atoms. The molecule has 4 aromatic heterocycles. The third kappa shape index (κ3) is 2.94. The van der Waals surface area contributed by atoms with Gasteiger partial charge in [-0.15, -0.1) is 21.5 Å². The Labute approximate surface area is 183 Å². The molecule has 1 saturated carbocycles. The smallest absolute Gasteiger partial charge is 0.348 e. The number of nitrogens with zero attached hydrogens (tertiary/aromatic N) is 4. The second kappa shape index (κ2) is 6.89. The first kappa shape index (κ1) is 20.7. The third-order valence-corrected chi connectivity index (χ3v) is 7.37. The fraction of sp³-hybridized carbons (Fsp3) is 0.333. The molecule has 166 valence electrons. The van der Waals surface area contributed by atoms with Crippen LogP contribution >= 0.6 is 11.3 Å². The third-order valence-electron chi connectivity index (χ3n) is 6.09. The van der Waals surface area contributed by atoms with Gasteiger partial charge in [-0.1, -0.05) is 6.92 Å². The fourth-order valence-corrected chi connectivity index (χ4v) is 5.93. The maximum atomic E-state index is 13.8. The zero-order chi connectivity index (χ0) is 22.8. The van der Waals surface area contributed by atoms with Gasteiger partial charge in [-0.25, -0.2) is 0 Å². The first-order chi connectivity index (χ1) is 15.1. The van der Waals surface area contributed by atoms with Gasteiger partial charge in [0, 0.05) is 23.5 Å². The molecule has 5 rings (SSSR count). The predicted octanol–water partition coefficient (Wildman–Crippen LogP) is 4.06. The molecule has 0 spiro atoms. The molecule has 1 N–H and O–H groups in total. The highest BCUT2D eigenvalue weighted by atomic mass is 32.1. The van der Waals surface area contributed by atoms with Gasteiger partial charge < -0.3 is 9.55 Å². The number of pyridine rings is 1. The molecular formula is C21H18F3N5O2S. The normalized spacial score (nSPS) is 21.1. The van der Waals surface area contributed by atoms with Crippen LogP contribution in [0.5, 0.6) is 0 Å². The minimum Gasteiger partial charge on any atom is -0.348 e. The predicted molar refractivity (Wildman–Crippen MR) is 112 cm³/mol. The minimum atomic E-state index is -4.70. The maximum absolute atomic E-state index is 13.8. The summed E-state index contributed by atoms with van der Waals surface area (Å²) in [4.78, 5) is 27.6. The van der Waals surface area contributed by atoms with Gasteiger partial charge in [0.2, 0.25) is 0 Å². The number of aldehydes is 1. The standard InChI is InChI=1S/C21H18F3N5O2S/c1-11-6-20(7-11,19-27-25-10-28(19)2)15-3-4-16(32-15)29-8-14(21(22,23)24)13-5-12(9-30)26-17(13)18(29)31/h3-5,8-11,26H,6-7H2,1-2H3. The van der Waals surface area contributed by atoms with Gasteiger partial charge in [0.15, 0.2) is 6.29 Å². The number of hydrogen-bond acceptors (Lipinski definition) is 5. The van der Waals surface area contributed by atoms with Crippen molar-refractivity contribution in [3.8, 4) is 5.00 Å². The maximum Gasteiger partial charge on any atom is 0.418 e. The number of aromatic amines is 1. The van der Waals surface area contributed by atoms with Crippen LogP contribution in [0.25, 0.3) is 15.9 Å². The fourth-order valence-electron chi connectivity index (χ4n) is 4.74. The van der Waals surface area contributed by atoms with E-state index in [9.17, 15) is 22.8 Å². The number of nitrogens with one attached hydrogen (secondary N) is 1. The number of carbonyl (C=O) groups excluding carboxylic acids is 1. The van der Waals surface area contributed by atoms with Gasteiger partial charge in [-0.05, 0) is 37.0 Å². The number of alkyl halides is 3. The lowest BCUT2D eigenvalue weighted by Crippen LogP contribution is -2.42. The Balaban J connectivity index is 1.68. The number of fused-ring (bicyclic) bond motifs is 1. The zero-order valence-electron chi connectivity index (χ0n) is 17.1. The molecule has 4 heterocycles. The van der Waals surface area contributed by atoms with Crippen LogP contribution in [0, 0.1) is 5.92 Å². The van der Waals surface area contributed by atoms with E-state index in [0.29, 0.717) is 17.2 Å². The van der Waals surface area contributed by atoms with Crippen LogP contribution < -0.4 is 5.56 Å². The van der Waals surface area contributed by atoms with Crippen LogP contribution in [0.2, 0.25) is 0 Å². The van der Waals surface area contributed by atoms with E-state index in [2.05, 4.69) is 22.1 Å². The van der Waals surface area contributed by atoms with E-state index in [0.717, 1.165) is 40.4 Å². The number of aryl methyl sites for hydroxylation is 1. The highest BCUT2D eigenvalue weighted by Crippen LogP contribution is 2.53. The molecule has 1 aliphatic rings. The van der Waals surface area contributed by atoms with Gasteiger partial charge in [0.05, 0.1) is 16.7 Å². The van der Waals surface area contributed by atoms with Crippen molar-refractivity contribution in [1.29, 1.82) is 0 Å². The summed E-state index contributed by atoms with van der Waals surface area (Å²) in [7, 11) is 1.86. The molecule has 0 aliphatic heterocycles. The number of H-pyrrole nitrogens is 1. The molecule has 0 atom stereocenters. The highest BCUT2D eigenvalue weighted by molar-refractivity contribution is 7.14. The van der Waals surface area contributed by atoms with Crippen molar-refractivity contribution in [3.63, 3.8) is 0 Å². The lowest BCUT2D eigenvalue weighted by molar-refractivity contribution is -0.136. The van der Waals surface area contributed by atoms with Gasteiger partial charge >= 0.3 is 6.18 Å². The van der Waals surface area contributed by atoms with Crippen molar-refractivity contribution in [2.24, 2.45) is 13.0 Å². The Hall–Kier alpha value is -3.21. The topological polar surface area (TPSA) is 85.6 Å². The molecule has 0 amide bonds. The van der Waals surface area contributed by atoms with Crippen molar-refractivity contribution >= 4 is 28.5 Å². The van der Waals surface area contributed by atoms with Crippen LogP contribution in [0.1, 0.15) is 46.5 Å². The molecule has 11 heteroatoms. The quantitative estimate of drug-likeness (QED) is 0.465. The number of carbonyl (C=O) groups is 1. The average molecular weight is 461 g/mol. The first-order valence-corrected chi connectivity index (χ1v) is 10.7. The minimum absolute atomic E-state index is 0.0862. The number of hydrogen-bond donors (Lipinski definition) is 1. The Bertz CT molecular complexity index is 1400. The highest BCUT2D eigenvalue weighted by Gasteiger charge is 2.49. The molecule has 32 heavy (non-hydrogen) atoms. The van der Waals surface area contributed by atoms with E-state index >= 15 is 0 Å². The summed E-state index contributed by atoms with van der Waals surface area (Å²) in [6, 6.07) is 4.55. The van der Waals surface area contributed by atoms with Crippen LogP contribution in [-0.4, -0.2) is 30.6 Å². The molecule has 0 unspecified atom stereocenters. The number of thiophene rings is 1. The largest absolute Gasteiger partial charge is 0.418 e. The summed E-state index contributed by atoms with van der Waals surface area (Å²) in [6.07, 6.45) is -0.213. The molecule has 0 radical (unpaired) electrons. The SMILES string of the molecule is CC1CC(c2ccc(-n3cc(C(F)(F)F)c4cc(C=O)[nH]c4c3=O)s2)(c2nncn2C)C1. The van der Waals surface area contributed by atoms with Gasteiger partial charge in [-0.2, -0.15) is 13.2 Å². The molecule has 0 aromatic carbocycles. The van der Waals surface area contributed by atoms with E-state index in [4.69, 9.17) is 0 Å². The molecule has 1 fully saturated rings. The van der Waals surface area contributed by atoms with Crippen molar-refractivity contribution in [2.75, 3.05) is 0 Å². The summed E-state index contributed by atoms with van der Waals surface area (Å²) in [5.74, 6) is 1.26. The molecule has 7 nitrogen and oxygen atoms in total. The molecule has 1 aliphatic carbocycles. The summed E-state index contributed by atoms with van der Waals surface area (Å²) in [6.45, 7) is 2.13. The van der Waals surface area contributed by atoms with Crippen molar-refractivity contribution in [1.82, 2.24) is 24.3 Å². The molecular weight excluding hydrogens is 443 g/mol. The summed E-state index contributed by atoms with van der Waals surface area (Å²) < 4.78 is 44.1. The monoisotopic (exact) mass is 461 g/mol. The van der Waals surface area contributed by atoms with E-state index in [1.165, 1.54) is 11.3 Å². The number of rotatable bonds is 4. The van der Waals surface area contributed by atoms with E-state index in [1.54, 1.807) is 12.4 Å². The van der Waals surface area contributed by atoms with Crippen molar-refractivity contribution in [2.45, 2.75) is 31.4 Å². The average Bonchev–Trinajstić information content (AvgIpc) is 3.44. The lowest BCUT2D eigenvalue weighted by Gasteiger charge is -2.44. The Morgan fingerprint density at radius 3 is 2.66 bits per heavy atom. The lowest BCUT2D eigenvalue weighted by atomic mass is 9.61. The van der Waals surface area contributed by atoms with Gasteiger partial charge in [-0.3, -0.25) is 14.2 Å². The van der Waals surface area contributed by atoms with Crippen LogP contribution in [0.15, 0.2) is 35.5 Å². The van der Waals surface area contributed by atoms with Crippen LogP contribution in [0.4, 0.5) is 13.2 Å². The van der Waals surface area contributed by atoms with Crippen molar-refractivity contribution in [3.05, 3.63) is 63.0 Å². The van der Waals surface area contributed by atoms with Crippen LogP contribution in [0.3, 0.4) is 0 Å². The second-order valence-corrected chi connectivity index (χ2v) is 9.41.